The maximum atomic E-state index is 11.9. The molecule has 4 N–H and O–H groups in total. The van der Waals surface area contributed by atoms with Crippen molar-refractivity contribution in [2.75, 3.05) is 13.1 Å². The fourth-order valence-corrected chi connectivity index (χ4v) is 2.08. The van der Waals surface area contributed by atoms with Crippen molar-refractivity contribution in [3.8, 4) is 0 Å². The van der Waals surface area contributed by atoms with Gasteiger partial charge in [0.15, 0.2) is 0 Å². The number of rotatable bonds is 5. The Labute approximate surface area is 100 Å². The van der Waals surface area contributed by atoms with Crippen LogP contribution >= 0.6 is 0 Å². The van der Waals surface area contributed by atoms with Crippen LogP contribution in [0.4, 0.5) is 0 Å². The van der Waals surface area contributed by atoms with E-state index in [9.17, 15) is 14.7 Å². The van der Waals surface area contributed by atoms with Gasteiger partial charge in [0.1, 0.15) is 6.04 Å². The van der Waals surface area contributed by atoms with E-state index in [1.54, 1.807) is 0 Å². The number of carboxylic acid groups (broad SMARTS) is 1. The lowest BCUT2D eigenvalue weighted by Crippen LogP contribution is -2.41. The highest BCUT2D eigenvalue weighted by molar-refractivity contribution is 5.84. The number of β-amino-alcohol motifs (C(OH)–C–C–N with tert-alkyl or cyclic N) is 1. The van der Waals surface area contributed by atoms with Crippen LogP contribution < -0.4 is 5.73 Å². The molecule has 1 fully saturated rings. The Hall–Kier alpha value is -1.14. The zero-order chi connectivity index (χ0) is 13.0. The Bertz CT molecular complexity index is 291. The van der Waals surface area contributed by atoms with E-state index in [4.69, 9.17) is 10.8 Å². The van der Waals surface area contributed by atoms with Gasteiger partial charge in [-0.05, 0) is 12.5 Å². The van der Waals surface area contributed by atoms with E-state index < -0.39 is 18.1 Å². The second-order valence-electron chi connectivity index (χ2n) is 4.50. The smallest absolute Gasteiger partial charge is 0.326 e. The molecular formula is C11H20N2O4. The Kier molecular flexibility index (Phi) is 4.89. The summed E-state index contributed by atoms with van der Waals surface area (Å²) in [5.74, 6) is -1.21. The first-order chi connectivity index (χ1) is 7.99. The molecule has 0 radical (unpaired) electrons. The summed E-state index contributed by atoms with van der Waals surface area (Å²) in [6, 6.07) is -0.896. The molecule has 1 aliphatic rings. The summed E-state index contributed by atoms with van der Waals surface area (Å²) in [7, 11) is 0. The standard InChI is InChI=1S/C11H20N2O4/c1-2-7(5-12)3-10(15)13-6-8(14)4-9(13)11(16)17/h7-9,14H,2-6,12H2,1H3,(H,16,17)/t7?,8-,9-/m0/s1. The molecule has 0 aliphatic carbocycles. The minimum absolute atomic E-state index is 0.0784. The molecule has 6 nitrogen and oxygen atoms in total. The van der Waals surface area contributed by atoms with Crippen LogP contribution in [0.3, 0.4) is 0 Å². The Morgan fingerprint density at radius 2 is 2.18 bits per heavy atom. The maximum absolute atomic E-state index is 11.9. The van der Waals surface area contributed by atoms with Crippen molar-refractivity contribution < 1.29 is 19.8 Å². The summed E-state index contributed by atoms with van der Waals surface area (Å²) in [4.78, 5) is 24.1. The van der Waals surface area contributed by atoms with Gasteiger partial charge in [-0.1, -0.05) is 13.3 Å². The lowest BCUT2D eigenvalue weighted by atomic mass is 10.0. The molecule has 0 aromatic carbocycles. The summed E-state index contributed by atoms with van der Waals surface area (Å²) in [6.45, 7) is 2.46. The monoisotopic (exact) mass is 244 g/mol. The highest BCUT2D eigenvalue weighted by Crippen LogP contribution is 2.21. The fraction of sp³-hybridized carbons (Fsp3) is 0.818. The van der Waals surface area contributed by atoms with Gasteiger partial charge in [0.05, 0.1) is 6.10 Å². The quantitative estimate of drug-likeness (QED) is 0.599. The van der Waals surface area contributed by atoms with Crippen LogP contribution in [0.25, 0.3) is 0 Å². The number of nitrogens with zero attached hydrogens (tertiary/aromatic N) is 1. The SMILES string of the molecule is CCC(CN)CC(=O)N1C[C@@H](O)C[C@H]1C(=O)O. The first kappa shape index (κ1) is 13.9. The zero-order valence-corrected chi connectivity index (χ0v) is 10.0. The van der Waals surface area contributed by atoms with E-state index in [-0.39, 0.29) is 31.2 Å². The Balaban J connectivity index is 2.64. The molecule has 0 bridgehead atoms. The molecule has 6 heteroatoms. The number of likely N-dealkylation sites (tertiary alicyclic amines) is 1. The summed E-state index contributed by atoms with van der Waals surface area (Å²) < 4.78 is 0. The van der Waals surface area contributed by atoms with Crippen molar-refractivity contribution in [3.05, 3.63) is 0 Å². The highest BCUT2D eigenvalue weighted by Gasteiger charge is 2.38. The van der Waals surface area contributed by atoms with Crippen molar-refractivity contribution >= 4 is 11.9 Å². The van der Waals surface area contributed by atoms with Crippen LogP contribution in [0, 0.1) is 5.92 Å². The second-order valence-corrected chi connectivity index (χ2v) is 4.50. The third-order valence-electron chi connectivity index (χ3n) is 3.26. The van der Waals surface area contributed by atoms with Gasteiger partial charge in [-0.15, -0.1) is 0 Å². The predicted octanol–water partition coefficient (Wildman–Crippen LogP) is -0.592. The molecule has 0 aromatic rings. The number of hydrogen-bond acceptors (Lipinski definition) is 4. The second kappa shape index (κ2) is 5.97. The van der Waals surface area contributed by atoms with Crippen molar-refractivity contribution in [1.82, 2.24) is 4.90 Å². The van der Waals surface area contributed by atoms with Crippen molar-refractivity contribution in [2.24, 2.45) is 11.7 Å². The van der Waals surface area contributed by atoms with Gasteiger partial charge in [0, 0.05) is 19.4 Å². The molecule has 0 saturated carbocycles. The first-order valence-corrected chi connectivity index (χ1v) is 5.90. The third kappa shape index (κ3) is 3.41. The first-order valence-electron chi connectivity index (χ1n) is 5.90. The lowest BCUT2D eigenvalue weighted by Gasteiger charge is -2.23. The van der Waals surface area contributed by atoms with E-state index in [0.717, 1.165) is 6.42 Å². The van der Waals surface area contributed by atoms with Crippen molar-refractivity contribution in [2.45, 2.75) is 38.3 Å². The number of aliphatic hydroxyl groups is 1. The van der Waals surface area contributed by atoms with E-state index in [0.29, 0.717) is 6.54 Å². The third-order valence-corrected chi connectivity index (χ3v) is 3.26. The van der Waals surface area contributed by atoms with E-state index in [2.05, 4.69) is 0 Å². The summed E-state index contributed by atoms with van der Waals surface area (Å²) in [5, 5.41) is 18.4. The molecular weight excluding hydrogens is 224 g/mol. The predicted molar refractivity (Wildman–Crippen MR) is 61.2 cm³/mol. The van der Waals surface area contributed by atoms with E-state index >= 15 is 0 Å². The van der Waals surface area contributed by atoms with Crippen LogP contribution in [0.1, 0.15) is 26.2 Å². The van der Waals surface area contributed by atoms with Crippen molar-refractivity contribution in [1.29, 1.82) is 0 Å². The number of carboxylic acids is 1. The maximum Gasteiger partial charge on any atom is 0.326 e. The van der Waals surface area contributed by atoms with Crippen molar-refractivity contribution in [3.63, 3.8) is 0 Å². The van der Waals surface area contributed by atoms with Crippen LogP contribution in [0.15, 0.2) is 0 Å². The molecule has 1 amide bonds. The average molecular weight is 244 g/mol. The normalized spacial score (nSPS) is 25.9. The number of aliphatic hydroxyl groups excluding tert-OH is 1. The molecule has 0 aromatic heterocycles. The average Bonchev–Trinajstić information content (AvgIpc) is 2.68. The highest BCUT2D eigenvalue weighted by atomic mass is 16.4. The van der Waals surface area contributed by atoms with E-state index in [1.807, 2.05) is 6.92 Å². The molecule has 1 saturated heterocycles. The van der Waals surface area contributed by atoms with Gasteiger partial charge in [0.25, 0.3) is 0 Å². The van der Waals surface area contributed by atoms with Gasteiger partial charge in [0.2, 0.25) is 5.91 Å². The Morgan fingerprint density at radius 3 is 2.65 bits per heavy atom. The number of aliphatic carboxylic acids is 1. The van der Waals surface area contributed by atoms with Gasteiger partial charge in [-0.3, -0.25) is 4.79 Å². The molecule has 1 aliphatic heterocycles. The number of nitrogens with two attached hydrogens (primary N) is 1. The molecule has 17 heavy (non-hydrogen) atoms. The largest absolute Gasteiger partial charge is 0.480 e. The van der Waals surface area contributed by atoms with Crippen LogP contribution in [-0.4, -0.2) is 52.2 Å². The van der Waals surface area contributed by atoms with Gasteiger partial charge >= 0.3 is 5.97 Å². The molecule has 0 spiro atoms. The molecule has 3 atom stereocenters. The summed E-state index contributed by atoms with van der Waals surface area (Å²) in [6.07, 6.45) is 0.415. The Morgan fingerprint density at radius 1 is 1.53 bits per heavy atom. The van der Waals surface area contributed by atoms with Crippen LogP contribution in [-0.2, 0) is 9.59 Å². The van der Waals surface area contributed by atoms with Crippen LogP contribution in [0.5, 0.6) is 0 Å². The van der Waals surface area contributed by atoms with Crippen LogP contribution in [0.2, 0.25) is 0 Å². The van der Waals surface area contributed by atoms with Gasteiger partial charge in [-0.25, -0.2) is 4.79 Å². The summed E-state index contributed by atoms with van der Waals surface area (Å²) >= 11 is 0. The fourth-order valence-electron chi connectivity index (χ4n) is 2.08. The zero-order valence-electron chi connectivity index (χ0n) is 10.0. The number of hydrogen-bond donors (Lipinski definition) is 3. The number of carbonyl (C=O) groups is 2. The molecule has 1 unspecified atom stereocenters. The van der Waals surface area contributed by atoms with Gasteiger partial charge in [-0.2, -0.15) is 0 Å². The molecule has 1 heterocycles. The topological polar surface area (TPSA) is 104 Å². The number of carbonyl (C=O) groups excluding carboxylic acids is 1. The minimum Gasteiger partial charge on any atom is -0.480 e. The minimum atomic E-state index is -1.06. The number of amides is 1. The summed E-state index contributed by atoms with van der Waals surface area (Å²) in [5.41, 5.74) is 5.52. The molecule has 98 valence electrons. The van der Waals surface area contributed by atoms with E-state index in [1.165, 1.54) is 4.90 Å². The molecule has 1 rings (SSSR count). The lowest BCUT2D eigenvalue weighted by molar-refractivity contribution is -0.148. The van der Waals surface area contributed by atoms with Gasteiger partial charge < -0.3 is 20.8 Å².